The molecule has 0 spiro atoms. The van der Waals surface area contributed by atoms with Gasteiger partial charge in [-0.25, -0.2) is 0 Å². The summed E-state index contributed by atoms with van der Waals surface area (Å²) in [5, 5.41) is 16.4. The van der Waals surface area contributed by atoms with Gasteiger partial charge in [0, 0.05) is 44.8 Å². The Morgan fingerprint density at radius 1 is 1.06 bits per heavy atom. The molecular weight excluding hydrogens is 505 g/mol. The first-order valence-electron chi connectivity index (χ1n) is 10.5. The maximum atomic E-state index is 12.3. The Bertz CT molecular complexity index is 882. The summed E-state index contributed by atoms with van der Waals surface area (Å²) in [6, 6.07) is 15.0. The molecule has 0 aromatic heterocycles. The lowest BCUT2D eigenvalue weighted by atomic mass is 10.1. The summed E-state index contributed by atoms with van der Waals surface area (Å²) in [4.78, 5) is 21.4. The number of aryl methyl sites for hydroxylation is 1. The molecule has 3 rings (SSSR count). The van der Waals surface area contributed by atoms with E-state index in [0.29, 0.717) is 24.4 Å². The molecule has 2 aromatic carbocycles. The van der Waals surface area contributed by atoms with E-state index < -0.39 is 0 Å². The number of amides is 1. The molecule has 0 unspecified atom stereocenters. The molecule has 0 radical (unpaired) electrons. The highest BCUT2D eigenvalue weighted by molar-refractivity contribution is 14.0. The predicted octanol–water partition coefficient (Wildman–Crippen LogP) is 2.84. The zero-order chi connectivity index (χ0) is 21.3. The zero-order valence-corrected chi connectivity index (χ0v) is 20.5. The Balaban J connectivity index is 0.00000341. The molecule has 8 heteroatoms. The number of halogens is 1. The van der Waals surface area contributed by atoms with Gasteiger partial charge in [0.05, 0.1) is 12.2 Å². The van der Waals surface area contributed by atoms with E-state index >= 15 is 0 Å². The molecular formula is C23H32IN5O2. The third-order valence-electron chi connectivity index (χ3n) is 5.08. The number of carbonyl (C=O) groups is 1. The van der Waals surface area contributed by atoms with Gasteiger partial charge in [-0.05, 0) is 38.1 Å². The number of hydrogen-bond acceptors (Lipinski definition) is 4. The zero-order valence-electron chi connectivity index (χ0n) is 18.2. The molecule has 1 aliphatic rings. The quantitative estimate of drug-likeness (QED) is 0.229. The van der Waals surface area contributed by atoms with Gasteiger partial charge in [0.2, 0.25) is 0 Å². The number of rotatable bonds is 6. The highest BCUT2D eigenvalue weighted by Gasteiger charge is 2.21. The highest BCUT2D eigenvalue weighted by atomic mass is 127. The Hall–Kier alpha value is -2.49. The van der Waals surface area contributed by atoms with Crippen LogP contribution in [0.25, 0.3) is 0 Å². The summed E-state index contributed by atoms with van der Waals surface area (Å²) in [5.74, 6) is 1.10. The molecule has 3 N–H and O–H groups in total. The average Bonchev–Trinajstić information content (AvgIpc) is 2.76. The third-order valence-corrected chi connectivity index (χ3v) is 5.08. The Labute approximate surface area is 201 Å². The SMILES string of the molecule is CCNC(=NCCNC(=O)c1cccc(C)c1)N1CCN(c2ccccc2O)CC1.I. The van der Waals surface area contributed by atoms with E-state index in [-0.39, 0.29) is 29.9 Å². The van der Waals surface area contributed by atoms with Crippen LogP contribution in [0.4, 0.5) is 5.69 Å². The topological polar surface area (TPSA) is 80.2 Å². The number of guanidine groups is 1. The van der Waals surface area contributed by atoms with Gasteiger partial charge in [-0.2, -0.15) is 0 Å². The van der Waals surface area contributed by atoms with Crippen LogP contribution in [0.2, 0.25) is 0 Å². The van der Waals surface area contributed by atoms with Crippen molar-refractivity contribution in [3.8, 4) is 5.75 Å². The van der Waals surface area contributed by atoms with Gasteiger partial charge in [-0.1, -0.05) is 29.8 Å². The molecule has 1 saturated heterocycles. The number of aliphatic imine (C=N–C) groups is 1. The number of nitrogens with one attached hydrogen (secondary N) is 2. The molecule has 31 heavy (non-hydrogen) atoms. The van der Waals surface area contributed by atoms with Crippen molar-refractivity contribution in [1.82, 2.24) is 15.5 Å². The second-order valence-corrected chi connectivity index (χ2v) is 7.32. The van der Waals surface area contributed by atoms with E-state index in [1.54, 1.807) is 6.07 Å². The van der Waals surface area contributed by atoms with Crippen molar-refractivity contribution in [2.24, 2.45) is 4.99 Å². The van der Waals surface area contributed by atoms with Crippen LogP contribution < -0.4 is 15.5 Å². The second-order valence-electron chi connectivity index (χ2n) is 7.32. The second kappa shape index (κ2) is 12.4. The summed E-state index contributed by atoms with van der Waals surface area (Å²) in [6.45, 7) is 9.06. The van der Waals surface area contributed by atoms with Gasteiger partial charge in [0.15, 0.2) is 5.96 Å². The van der Waals surface area contributed by atoms with E-state index in [0.717, 1.165) is 49.9 Å². The monoisotopic (exact) mass is 537 g/mol. The van der Waals surface area contributed by atoms with Crippen LogP contribution in [0.1, 0.15) is 22.8 Å². The smallest absolute Gasteiger partial charge is 0.251 e. The number of carbonyl (C=O) groups excluding carboxylic acids is 1. The van der Waals surface area contributed by atoms with Crippen molar-refractivity contribution in [3.05, 3.63) is 59.7 Å². The van der Waals surface area contributed by atoms with Crippen LogP contribution in [-0.2, 0) is 0 Å². The predicted molar refractivity (Wildman–Crippen MR) is 137 cm³/mol. The number of phenolic OH excluding ortho intramolecular Hbond substituents is 1. The Morgan fingerprint density at radius 2 is 1.81 bits per heavy atom. The van der Waals surface area contributed by atoms with E-state index in [1.807, 2.05) is 56.3 Å². The standard InChI is InChI=1S/C23H31N5O2.HI/c1-3-24-23(26-12-11-25-22(30)19-8-6-7-18(2)17-19)28-15-13-27(14-16-28)20-9-4-5-10-21(20)29;/h4-10,17,29H,3,11-16H2,1-2H3,(H,24,26)(H,25,30);1H. The summed E-state index contributed by atoms with van der Waals surface area (Å²) >= 11 is 0. The lowest BCUT2D eigenvalue weighted by Crippen LogP contribution is -2.52. The largest absolute Gasteiger partial charge is 0.506 e. The minimum Gasteiger partial charge on any atom is -0.506 e. The lowest BCUT2D eigenvalue weighted by molar-refractivity contribution is 0.0954. The van der Waals surface area contributed by atoms with E-state index in [9.17, 15) is 9.90 Å². The molecule has 0 bridgehead atoms. The number of piperazine rings is 1. The van der Waals surface area contributed by atoms with Crippen LogP contribution in [0.3, 0.4) is 0 Å². The maximum absolute atomic E-state index is 12.3. The first kappa shape index (κ1) is 24.8. The fourth-order valence-corrected chi connectivity index (χ4v) is 3.54. The number of hydrogen-bond donors (Lipinski definition) is 3. The molecule has 1 amide bonds. The normalized spacial score (nSPS) is 14.1. The molecule has 0 saturated carbocycles. The van der Waals surface area contributed by atoms with E-state index in [1.165, 1.54) is 0 Å². The first-order valence-corrected chi connectivity index (χ1v) is 10.5. The lowest BCUT2D eigenvalue weighted by Gasteiger charge is -2.37. The third kappa shape index (κ3) is 7.02. The average molecular weight is 537 g/mol. The van der Waals surface area contributed by atoms with Crippen molar-refractivity contribution in [3.63, 3.8) is 0 Å². The molecule has 0 aliphatic carbocycles. The van der Waals surface area contributed by atoms with Crippen molar-refractivity contribution in [2.75, 3.05) is 50.7 Å². The molecule has 168 valence electrons. The van der Waals surface area contributed by atoms with Gasteiger partial charge >= 0.3 is 0 Å². The molecule has 2 aromatic rings. The maximum Gasteiger partial charge on any atom is 0.251 e. The fourth-order valence-electron chi connectivity index (χ4n) is 3.54. The highest BCUT2D eigenvalue weighted by Crippen LogP contribution is 2.27. The minimum absolute atomic E-state index is 0. The molecule has 1 heterocycles. The van der Waals surface area contributed by atoms with Crippen LogP contribution in [-0.4, -0.2) is 67.7 Å². The Morgan fingerprint density at radius 3 is 2.48 bits per heavy atom. The number of para-hydroxylation sites is 2. The van der Waals surface area contributed by atoms with Crippen molar-refractivity contribution >= 4 is 41.5 Å². The molecule has 0 atom stereocenters. The van der Waals surface area contributed by atoms with Gasteiger partial charge in [-0.15, -0.1) is 24.0 Å². The van der Waals surface area contributed by atoms with Crippen LogP contribution in [0.5, 0.6) is 5.75 Å². The number of anilines is 1. The summed E-state index contributed by atoms with van der Waals surface area (Å²) in [5.41, 5.74) is 2.61. The van der Waals surface area contributed by atoms with Gasteiger partial charge in [-0.3, -0.25) is 9.79 Å². The van der Waals surface area contributed by atoms with E-state index in [4.69, 9.17) is 0 Å². The number of benzene rings is 2. The first-order chi connectivity index (χ1) is 14.6. The molecule has 7 nitrogen and oxygen atoms in total. The van der Waals surface area contributed by atoms with Crippen molar-refractivity contribution < 1.29 is 9.90 Å². The molecule has 1 fully saturated rings. The Kier molecular flexibility index (Phi) is 9.90. The number of aromatic hydroxyl groups is 1. The van der Waals surface area contributed by atoms with Crippen LogP contribution in [0, 0.1) is 6.92 Å². The van der Waals surface area contributed by atoms with Gasteiger partial charge in [0.1, 0.15) is 5.75 Å². The summed E-state index contributed by atoms with van der Waals surface area (Å²) < 4.78 is 0. The van der Waals surface area contributed by atoms with Crippen molar-refractivity contribution in [2.45, 2.75) is 13.8 Å². The minimum atomic E-state index is -0.0739. The fraction of sp³-hybridized carbons (Fsp3) is 0.391. The van der Waals surface area contributed by atoms with Crippen LogP contribution in [0.15, 0.2) is 53.5 Å². The summed E-state index contributed by atoms with van der Waals surface area (Å²) in [6.07, 6.45) is 0. The van der Waals surface area contributed by atoms with Gasteiger partial charge < -0.3 is 25.5 Å². The number of nitrogens with zero attached hydrogens (tertiary/aromatic N) is 3. The van der Waals surface area contributed by atoms with Crippen molar-refractivity contribution in [1.29, 1.82) is 0 Å². The van der Waals surface area contributed by atoms with Crippen LogP contribution >= 0.6 is 24.0 Å². The summed E-state index contributed by atoms with van der Waals surface area (Å²) in [7, 11) is 0. The van der Waals surface area contributed by atoms with E-state index in [2.05, 4.69) is 25.4 Å². The van der Waals surface area contributed by atoms with Gasteiger partial charge in [0.25, 0.3) is 5.91 Å². The molecule has 1 aliphatic heterocycles. The number of phenols is 1.